The minimum absolute atomic E-state index is 0.0195. The molecule has 67 heavy (non-hydrogen) atoms. The quantitative estimate of drug-likeness (QED) is 0.126. The lowest BCUT2D eigenvalue weighted by atomic mass is 9.33. The van der Waals surface area contributed by atoms with Gasteiger partial charge in [0.1, 0.15) is 0 Å². The summed E-state index contributed by atoms with van der Waals surface area (Å²) in [5.41, 5.74) is 20.6. The van der Waals surface area contributed by atoms with Gasteiger partial charge in [-0.15, -0.1) is 0 Å². The third-order valence-electron chi connectivity index (χ3n) is 14.4. The average Bonchev–Trinajstić information content (AvgIpc) is 3.71. The van der Waals surface area contributed by atoms with E-state index in [4.69, 9.17) is 0 Å². The number of anilines is 6. The molecular weight excluding hydrogens is 810 g/mol. The van der Waals surface area contributed by atoms with E-state index in [-0.39, 0.29) is 6.71 Å². The molecule has 3 heterocycles. The highest BCUT2D eigenvalue weighted by Crippen LogP contribution is 2.50. The SMILES string of the molecule is Cc1ccc2c(c1)c1ccccc1n2-c1ccc2c(c1)N(c1ccccc1)c1cc(-c3c4ccccc4c(-c4ccccc4)c4ccccc34)cc3c1B2c1ccccc1N3c1ccccc1. The molecule has 0 atom stereocenters. The summed E-state index contributed by atoms with van der Waals surface area (Å²) in [6, 6.07) is 87.9. The van der Waals surface area contributed by atoms with Gasteiger partial charge < -0.3 is 14.4 Å². The first-order valence-corrected chi connectivity index (χ1v) is 23.3. The molecule has 11 aromatic carbocycles. The normalized spacial score (nSPS) is 12.8. The Morgan fingerprint density at radius 2 is 0.806 bits per heavy atom. The van der Waals surface area contributed by atoms with E-state index in [9.17, 15) is 0 Å². The number of fused-ring (bicyclic) bond motifs is 9. The van der Waals surface area contributed by atoms with Gasteiger partial charge in [-0.25, -0.2) is 0 Å². The van der Waals surface area contributed by atoms with Crippen molar-refractivity contribution in [3.05, 3.63) is 242 Å². The highest BCUT2D eigenvalue weighted by molar-refractivity contribution is 7.00. The third-order valence-corrected chi connectivity index (χ3v) is 14.4. The molecule has 312 valence electrons. The summed E-state index contributed by atoms with van der Waals surface area (Å²) in [6.07, 6.45) is 0. The zero-order chi connectivity index (χ0) is 44.2. The van der Waals surface area contributed by atoms with E-state index in [1.807, 2.05) is 0 Å². The van der Waals surface area contributed by atoms with Crippen molar-refractivity contribution in [2.24, 2.45) is 0 Å². The molecule has 0 amide bonds. The zero-order valence-corrected chi connectivity index (χ0v) is 36.9. The minimum Gasteiger partial charge on any atom is -0.311 e. The van der Waals surface area contributed by atoms with Crippen molar-refractivity contribution in [3.63, 3.8) is 0 Å². The number of benzene rings is 11. The lowest BCUT2D eigenvalue weighted by molar-refractivity contribution is 1.17. The predicted octanol–water partition coefficient (Wildman–Crippen LogP) is 14.8. The fraction of sp³-hybridized carbons (Fsp3) is 0.0159. The molecule has 0 saturated carbocycles. The van der Waals surface area contributed by atoms with Gasteiger partial charge in [0.25, 0.3) is 6.71 Å². The Kier molecular flexibility index (Phi) is 8.29. The molecular formula is C63H42BN3. The number of hydrogen-bond donors (Lipinski definition) is 0. The molecule has 3 nitrogen and oxygen atoms in total. The van der Waals surface area contributed by atoms with Crippen LogP contribution in [-0.4, -0.2) is 11.3 Å². The van der Waals surface area contributed by atoms with Gasteiger partial charge in [-0.2, -0.15) is 0 Å². The summed E-state index contributed by atoms with van der Waals surface area (Å²) in [5, 5.41) is 7.49. The van der Waals surface area contributed by atoms with E-state index in [0.29, 0.717) is 0 Å². The first-order chi connectivity index (χ1) is 33.2. The second-order valence-corrected chi connectivity index (χ2v) is 18.1. The smallest absolute Gasteiger partial charge is 0.252 e. The number of nitrogens with zero attached hydrogens (tertiary/aromatic N) is 3. The second kappa shape index (κ2) is 14.7. The topological polar surface area (TPSA) is 11.4 Å². The zero-order valence-electron chi connectivity index (χ0n) is 36.9. The van der Waals surface area contributed by atoms with E-state index < -0.39 is 0 Å². The Morgan fingerprint density at radius 1 is 0.313 bits per heavy atom. The van der Waals surface area contributed by atoms with E-state index in [0.717, 1.165) is 17.1 Å². The van der Waals surface area contributed by atoms with Crippen LogP contribution < -0.4 is 26.2 Å². The number of aromatic nitrogens is 1. The fourth-order valence-corrected chi connectivity index (χ4v) is 11.6. The minimum atomic E-state index is -0.0195. The van der Waals surface area contributed by atoms with Crippen LogP contribution in [0.15, 0.2) is 237 Å². The van der Waals surface area contributed by atoms with Crippen LogP contribution in [0.1, 0.15) is 5.56 Å². The monoisotopic (exact) mass is 851 g/mol. The Morgan fingerprint density at radius 3 is 1.45 bits per heavy atom. The van der Waals surface area contributed by atoms with Crippen molar-refractivity contribution in [1.29, 1.82) is 0 Å². The van der Waals surface area contributed by atoms with Crippen LogP contribution in [-0.2, 0) is 0 Å². The summed E-state index contributed by atoms with van der Waals surface area (Å²) < 4.78 is 2.46. The van der Waals surface area contributed by atoms with Gasteiger partial charge >= 0.3 is 0 Å². The van der Waals surface area contributed by atoms with Crippen molar-refractivity contribution in [1.82, 2.24) is 4.57 Å². The molecule has 0 bridgehead atoms. The van der Waals surface area contributed by atoms with E-state index in [1.165, 1.54) is 110 Å². The van der Waals surface area contributed by atoms with Crippen LogP contribution in [0.4, 0.5) is 34.1 Å². The van der Waals surface area contributed by atoms with Gasteiger partial charge in [0, 0.05) is 50.6 Å². The maximum Gasteiger partial charge on any atom is 0.252 e. The lowest BCUT2D eigenvalue weighted by Crippen LogP contribution is -2.61. The highest BCUT2D eigenvalue weighted by Gasteiger charge is 2.44. The summed E-state index contributed by atoms with van der Waals surface area (Å²) in [6.45, 7) is 2.17. The van der Waals surface area contributed by atoms with E-state index >= 15 is 0 Å². The molecule has 0 N–H and O–H groups in total. The first-order valence-electron chi connectivity index (χ1n) is 23.3. The first kappa shape index (κ1) is 37.7. The maximum absolute atomic E-state index is 2.55. The Labute approximate surface area is 390 Å². The molecule has 12 aromatic rings. The van der Waals surface area contributed by atoms with Crippen molar-refractivity contribution in [3.8, 4) is 27.9 Å². The molecule has 0 unspecified atom stereocenters. The molecule has 0 fully saturated rings. The average molecular weight is 852 g/mol. The summed E-state index contributed by atoms with van der Waals surface area (Å²) >= 11 is 0. The van der Waals surface area contributed by atoms with Crippen molar-refractivity contribution < 1.29 is 0 Å². The lowest BCUT2D eigenvalue weighted by Gasteiger charge is -2.44. The number of aryl methyl sites for hydroxylation is 1. The molecule has 0 radical (unpaired) electrons. The second-order valence-electron chi connectivity index (χ2n) is 18.1. The van der Waals surface area contributed by atoms with Gasteiger partial charge in [0.2, 0.25) is 0 Å². The molecule has 14 rings (SSSR count). The van der Waals surface area contributed by atoms with Gasteiger partial charge in [-0.05, 0) is 140 Å². The van der Waals surface area contributed by atoms with Crippen LogP contribution in [0, 0.1) is 6.92 Å². The predicted molar refractivity (Wildman–Crippen MR) is 285 cm³/mol. The molecule has 0 saturated heterocycles. The van der Waals surface area contributed by atoms with Crippen LogP contribution in [0.2, 0.25) is 0 Å². The van der Waals surface area contributed by atoms with Gasteiger partial charge in [0.15, 0.2) is 0 Å². The van der Waals surface area contributed by atoms with Crippen LogP contribution >= 0.6 is 0 Å². The molecule has 1 aromatic heterocycles. The summed E-state index contributed by atoms with van der Waals surface area (Å²) in [7, 11) is 0. The van der Waals surface area contributed by atoms with E-state index in [2.05, 4.69) is 258 Å². The standard InChI is InChI=1S/C63H42BN3/c1-41-33-36-56-52(37-41)47-25-15-17-31-55(47)67(56)46-34-35-54-58(40-46)66(45-23-9-4-10-24-45)60-39-43(38-59-63(60)64(54)53-30-16-18-32-57(53)65(59)44-21-7-3-8-22-44)62-50-28-13-11-26-48(50)61(42-19-5-2-6-20-42)49-27-12-14-29-51(49)62/h2-40H,1H3. The summed E-state index contributed by atoms with van der Waals surface area (Å²) in [4.78, 5) is 5.06. The highest BCUT2D eigenvalue weighted by atomic mass is 15.2. The molecule has 0 spiro atoms. The van der Waals surface area contributed by atoms with Crippen LogP contribution in [0.3, 0.4) is 0 Å². The molecule has 4 heteroatoms. The molecule has 2 aliphatic heterocycles. The van der Waals surface area contributed by atoms with Crippen molar-refractivity contribution in [2.75, 3.05) is 9.80 Å². The van der Waals surface area contributed by atoms with Gasteiger partial charge in [0.05, 0.1) is 11.0 Å². The van der Waals surface area contributed by atoms with E-state index in [1.54, 1.807) is 0 Å². The van der Waals surface area contributed by atoms with Crippen molar-refractivity contribution >= 4 is 101 Å². The number of hydrogen-bond acceptors (Lipinski definition) is 2. The Balaban J connectivity index is 1.12. The third kappa shape index (κ3) is 5.60. The molecule has 2 aliphatic rings. The fourth-order valence-electron chi connectivity index (χ4n) is 11.6. The molecule has 0 aliphatic carbocycles. The van der Waals surface area contributed by atoms with Crippen molar-refractivity contribution in [2.45, 2.75) is 6.92 Å². The number of para-hydroxylation sites is 4. The van der Waals surface area contributed by atoms with Gasteiger partial charge in [-0.1, -0.05) is 169 Å². The van der Waals surface area contributed by atoms with Crippen LogP contribution in [0.25, 0.3) is 71.3 Å². The Hall–Kier alpha value is -8.60. The largest absolute Gasteiger partial charge is 0.311 e. The Bertz CT molecular complexity index is 3890. The van der Waals surface area contributed by atoms with Gasteiger partial charge in [-0.3, -0.25) is 0 Å². The van der Waals surface area contributed by atoms with Crippen LogP contribution in [0.5, 0.6) is 0 Å². The number of rotatable bonds is 5. The maximum atomic E-state index is 2.55. The summed E-state index contributed by atoms with van der Waals surface area (Å²) in [5.74, 6) is 0.